The number of Topliss-reactive ketones (excluding diaryl/α,β-unsaturated/α-hetero) is 1. The van der Waals surface area contributed by atoms with Crippen molar-refractivity contribution in [1.29, 1.82) is 0 Å². The highest BCUT2D eigenvalue weighted by atomic mass is 16.5. The molecular weight excluding hydrogens is 214 g/mol. The zero-order valence-corrected chi connectivity index (χ0v) is 10.6. The van der Waals surface area contributed by atoms with E-state index in [1.807, 2.05) is 31.2 Å². The fourth-order valence-electron chi connectivity index (χ4n) is 1.61. The van der Waals surface area contributed by atoms with E-state index < -0.39 is 0 Å². The first kappa shape index (κ1) is 13.7. The van der Waals surface area contributed by atoms with E-state index in [9.17, 15) is 4.79 Å². The highest BCUT2D eigenvalue weighted by Gasteiger charge is 2.12. The Labute approximate surface area is 103 Å². The van der Waals surface area contributed by atoms with E-state index in [0.717, 1.165) is 6.42 Å². The van der Waals surface area contributed by atoms with Crippen molar-refractivity contribution >= 4 is 5.78 Å². The molecule has 0 fully saturated rings. The quantitative estimate of drug-likeness (QED) is 0.739. The van der Waals surface area contributed by atoms with Crippen LogP contribution in [0.3, 0.4) is 0 Å². The third-order valence-electron chi connectivity index (χ3n) is 2.75. The van der Waals surface area contributed by atoms with Crippen LogP contribution in [0, 0.1) is 5.92 Å². The van der Waals surface area contributed by atoms with Gasteiger partial charge in [-0.1, -0.05) is 19.1 Å². The van der Waals surface area contributed by atoms with Gasteiger partial charge in [0.05, 0.1) is 12.2 Å². The number of para-hydroxylation sites is 1. The van der Waals surface area contributed by atoms with Crippen molar-refractivity contribution in [3.05, 3.63) is 29.8 Å². The average Bonchev–Trinajstić information content (AvgIpc) is 2.36. The second-order valence-electron chi connectivity index (χ2n) is 4.23. The van der Waals surface area contributed by atoms with Crippen LogP contribution in [0.2, 0.25) is 0 Å². The summed E-state index contributed by atoms with van der Waals surface area (Å²) >= 11 is 0. The molecule has 0 spiro atoms. The fraction of sp³-hybridized carbons (Fsp3) is 0.500. The molecule has 0 radical (unpaired) electrons. The van der Waals surface area contributed by atoms with Gasteiger partial charge in [-0.3, -0.25) is 4.79 Å². The molecular formula is C14H21NO2. The van der Waals surface area contributed by atoms with Gasteiger partial charge in [0.15, 0.2) is 5.78 Å². The van der Waals surface area contributed by atoms with Gasteiger partial charge in [0, 0.05) is 6.42 Å². The number of rotatable bonds is 7. The number of benzene rings is 1. The van der Waals surface area contributed by atoms with Gasteiger partial charge in [0.2, 0.25) is 0 Å². The molecule has 3 heteroatoms. The van der Waals surface area contributed by atoms with Crippen LogP contribution in [0.4, 0.5) is 0 Å². The number of hydrogen-bond donors (Lipinski definition) is 1. The average molecular weight is 235 g/mol. The summed E-state index contributed by atoms with van der Waals surface area (Å²) in [5.74, 6) is 1.20. The summed E-state index contributed by atoms with van der Waals surface area (Å²) in [5.41, 5.74) is 6.22. The third-order valence-corrected chi connectivity index (χ3v) is 2.75. The first-order valence-corrected chi connectivity index (χ1v) is 6.14. The van der Waals surface area contributed by atoms with Crippen LogP contribution >= 0.6 is 0 Å². The maximum atomic E-state index is 12.0. The maximum absolute atomic E-state index is 12.0. The number of ketones is 1. The Kier molecular flexibility index (Phi) is 5.70. The summed E-state index contributed by atoms with van der Waals surface area (Å²) in [6.07, 6.45) is 1.36. The van der Waals surface area contributed by atoms with E-state index in [-0.39, 0.29) is 5.78 Å². The van der Waals surface area contributed by atoms with Gasteiger partial charge in [-0.25, -0.2) is 0 Å². The van der Waals surface area contributed by atoms with Crippen molar-refractivity contribution in [2.24, 2.45) is 11.7 Å². The van der Waals surface area contributed by atoms with Gasteiger partial charge in [-0.05, 0) is 37.9 Å². The lowest BCUT2D eigenvalue weighted by atomic mass is 9.99. The Balaban J connectivity index is 2.67. The van der Waals surface area contributed by atoms with Crippen molar-refractivity contribution in [2.45, 2.75) is 26.7 Å². The lowest BCUT2D eigenvalue weighted by Crippen LogP contribution is -2.13. The fourth-order valence-corrected chi connectivity index (χ4v) is 1.61. The zero-order valence-electron chi connectivity index (χ0n) is 10.6. The van der Waals surface area contributed by atoms with Crippen LogP contribution in [0.25, 0.3) is 0 Å². The summed E-state index contributed by atoms with van der Waals surface area (Å²) in [6.45, 7) is 5.17. The minimum Gasteiger partial charge on any atom is -0.493 e. The molecule has 0 aliphatic heterocycles. The Bertz CT molecular complexity index is 363. The molecule has 0 aromatic heterocycles. The van der Waals surface area contributed by atoms with E-state index in [0.29, 0.717) is 36.8 Å². The lowest BCUT2D eigenvalue weighted by molar-refractivity contribution is 0.0971. The van der Waals surface area contributed by atoms with E-state index in [2.05, 4.69) is 6.92 Å². The topological polar surface area (TPSA) is 52.3 Å². The lowest BCUT2D eigenvalue weighted by Gasteiger charge is -2.10. The predicted octanol–water partition coefficient (Wildman–Crippen LogP) is 2.64. The number of ether oxygens (including phenoxy) is 1. The number of carbonyl (C=O) groups excluding carboxylic acids is 1. The maximum Gasteiger partial charge on any atom is 0.166 e. The first-order valence-electron chi connectivity index (χ1n) is 6.14. The summed E-state index contributed by atoms with van der Waals surface area (Å²) in [7, 11) is 0. The van der Waals surface area contributed by atoms with Crippen molar-refractivity contribution in [3.8, 4) is 5.75 Å². The van der Waals surface area contributed by atoms with Crippen LogP contribution in [-0.4, -0.2) is 18.9 Å². The summed E-state index contributed by atoms with van der Waals surface area (Å²) in [6, 6.07) is 7.40. The Hall–Kier alpha value is -1.35. The van der Waals surface area contributed by atoms with Gasteiger partial charge >= 0.3 is 0 Å². The highest BCUT2D eigenvalue weighted by Crippen LogP contribution is 2.21. The van der Waals surface area contributed by atoms with Crippen LogP contribution < -0.4 is 10.5 Å². The summed E-state index contributed by atoms with van der Waals surface area (Å²) < 4.78 is 5.45. The molecule has 0 aliphatic rings. The molecule has 1 atom stereocenters. The predicted molar refractivity (Wildman–Crippen MR) is 69.4 cm³/mol. The molecule has 0 bridgehead atoms. The highest BCUT2D eigenvalue weighted by molar-refractivity contribution is 5.98. The smallest absolute Gasteiger partial charge is 0.166 e. The Morgan fingerprint density at radius 2 is 2.12 bits per heavy atom. The number of nitrogens with two attached hydrogens (primary N) is 1. The van der Waals surface area contributed by atoms with Gasteiger partial charge in [0.1, 0.15) is 5.75 Å². The van der Waals surface area contributed by atoms with E-state index >= 15 is 0 Å². The van der Waals surface area contributed by atoms with Crippen LogP contribution in [0.1, 0.15) is 37.0 Å². The second-order valence-corrected chi connectivity index (χ2v) is 4.23. The molecule has 0 amide bonds. The normalized spacial score (nSPS) is 12.2. The molecule has 0 aliphatic carbocycles. The molecule has 3 nitrogen and oxygen atoms in total. The molecule has 1 rings (SSSR count). The third kappa shape index (κ3) is 4.19. The molecule has 0 saturated heterocycles. The van der Waals surface area contributed by atoms with E-state index in [1.165, 1.54) is 0 Å². The Morgan fingerprint density at radius 1 is 1.41 bits per heavy atom. The van der Waals surface area contributed by atoms with E-state index in [4.69, 9.17) is 10.5 Å². The molecule has 1 aromatic carbocycles. The minimum absolute atomic E-state index is 0.134. The second kappa shape index (κ2) is 7.07. The molecule has 0 heterocycles. The molecule has 1 unspecified atom stereocenters. The van der Waals surface area contributed by atoms with Crippen molar-refractivity contribution in [1.82, 2.24) is 0 Å². The zero-order chi connectivity index (χ0) is 12.7. The van der Waals surface area contributed by atoms with Crippen molar-refractivity contribution in [2.75, 3.05) is 13.2 Å². The van der Waals surface area contributed by atoms with Crippen LogP contribution in [0.15, 0.2) is 24.3 Å². The van der Waals surface area contributed by atoms with Crippen molar-refractivity contribution in [3.63, 3.8) is 0 Å². The molecule has 17 heavy (non-hydrogen) atoms. The monoisotopic (exact) mass is 235 g/mol. The minimum atomic E-state index is 0.134. The van der Waals surface area contributed by atoms with Gasteiger partial charge < -0.3 is 10.5 Å². The summed E-state index contributed by atoms with van der Waals surface area (Å²) in [5, 5.41) is 0. The van der Waals surface area contributed by atoms with Gasteiger partial charge in [0.25, 0.3) is 0 Å². The van der Waals surface area contributed by atoms with Crippen molar-refractivity contribution < 1.29 is 9.53 Å². The first-order chi connectivity index (χ1) is 8.19. The van der Waals surface area contributed by atoms with Crippen LogP contribution in [-0.2, 0) is 0 Å². The largest absolute Gasteiger partial charge is 0.493 e. The molecule has 0 saturated carbocycles. The van der Waals surface area contributed by atoms with E-state index in [1.54, 1.807) is 0 Å². The molecule has 1 aromatic rings. The van der Waals surface area contributed by atoms with Crippen LogP contribution in [0.5, 0.6) is 5.75 Å². The number of carbonyl (C=O) groups is 1. The molecule has 2 N–H and O–H groups in total. The SMILES string of the molecule is CCOc1ccccc1C(=O)CCC(C)CN. The Morgan fingerprint density at radius 3 is 2.76 bits per heavy atom. The number of hydrogen-bond acceptors (Lipinski definition) is 3. The van der Waals surface area contributed by atoms with Gasteiger partial charge in [-0.2, -0.15) is 0 Å². The van der Waals surface area contributed by atoms with Gasteiger partial charge in [-0.15, -0.1) is 0 Å². The summed E-state index contributed by atoms with van der Waals surface area (Å²) in [4.78, 5) is 12.0. The molecule has 94 valence electrons. The standard InChI is InChI=1S/C14H21NO2/c1-3-17-14-7-5-4-6-12(14)13(16)9-8-11(2)10-15/h4-7,11H,3,8-10,15H2,1-2H3.